The van der Waals surface area contributed by atoms with Crippen LogP contribution >= 0.6 is 0 Å². The molecule has 0 radical (unpaired) electrons. The molecule has 0 saturated heterocycles. The van der Waals surface area contributed by atoms with E-state index in [4.69, 9.17) is 0 Å². The summed E-state index contributed by atoms with van der Waals surface area (Å²) in [5, 5.41) is 2.98. The first-order chi connectivity index (χ1) is 7.52. The Balaban J connectivity index is 2.56. The first-order valence-corrected chi connectivity index (χ1v) is 5.71. The lowest BCUT2D eigenvalue weighted by Gasteiger charge is -2.39. The van der Waals surface area contributed by atoms with Gasteiger partial charge in [-0.3, -0.25) is 4.79 Å². The first kappa shape index (κ1) is 11.0. The van der Waals surface area contributed by atoms with Gasteiger partial charge in [0.25, 0.3) is 0 Å². The summed E-state index contributed by atoms with van der Waals surface area (Å²) in [6.07, 6.45) is 0. The van der Waals surface area contributed by atoms with E-state index in [1.54, 1.807) is 0 Å². The Bertz CT molecular complexity index is 426. The molecule has 1 aromatic rings. The van der Waals surface area contributed by atoms with E-state index >= 15 is 0 Å². The standard InChI is InChI=1S/C13H18N2O/c1-8(2)15-10(4)13(16)14-12-9(3)6-5-7-11(12)15/h5-8,10H,1-4H3,(H,14,16). The van der Waals surface area contributed by atoms with Crippen LogP contribution in [0.3, 0.4) is 0 Å². The third-order valence-corrected chi connectivity index (χ3v) is 3.13. The summed E-state index contributed by atoms with van der Waals surface area (Å²) in [6, 6.07) is 6.34. The summed E-state index contributed by atoms with van der Waals surface area (Å²) in [5.74, 6) is 0.0792. The zero-order valence-electron chi connectivity index (χ0n) is 10.2. The zero-order valence-corrected chi connectivity index (χ0v) is 10.2. The highest BCUT2D eigenvalue weighted by atomic mass is 16.2. The lowest BCUT2D eigenvalue weighted by atomic mass is 10.0. The number of amides is 1. The Kier molecular flexibility index (Phi) is 2.62. The molecule has 16 heavy (non-hydrogen) atoms. The van der Waals surface area contributed by atoms with Crippen molar-refractivity contribution in [3.63, 3.8) is 0 Å². The number of nitrogens with one attached hydrogen (secondary N) is 1. The maximum atomic E-state index is 11.9. The third-order valence-electron chi connectivity index (χ3n) is 3.13. The van der Waals surface area contributed by atoms with Crippen LogP contribution in [0.15, 0.2) is 18.2 Å². The van der Waals surface area contributed by atoms with Gasteiger partial charge in [0.05, 0.1) is 11.4 Å². The quantitative estimate of drug-likeness (QED) is 0.785. The molecule has 3 nitrogen and oxygen atoms in total. The van der Waals surface area contributed by atoms with Crippen LogP contribution < -0.4 is 10.2 Å². The fraction of sp³-hybridized carbons (Fsp3) is 0.462. The van der Waals surface area contributed by atoms with Crippen LogP contribution in [0.4, 0.5) is 11.4 Å². The van der Waals surface area contributed by atoms with Gasteiger partial charge in [-0.1, -0.05) is 12.1 Å². The largest absolute Gasteiger partial charge is 0.356 e. The predicted molar refractivity (Wildman–Crippen MR) is 66.9 cm³/mol. The molecule has 0 aliphatic carbocycles. The van der Waals surface area contributed by atoms with Gasteiger partial charge >= 0.3 is 0 Å². The molecule has 86 valence electrons. The first-order valence-electron chi connectivity index (χ1n) is 5.71. The van der Waals surface area contributed by atoms with Gasteiger partial charge in [0.1, 0.15) is 6.04 Å². The number of hydrogen-bond donors (Lipinski definition) is 1. The summed E-state index contributed by atoms with van der Waals surface area (Å²) < 4.78 is 0. The van der Waals surface area contributed by atoms with Gasteiger partial charge in [0.2, 0.25) is 5.91 Å². The van der Waals surface area contributed by atoms with Crippen molar-refractivity contribution in [1.29, 1.82) is 0 Å². The van der Waals surface area contributed by atoms with Crippen molar-refractivity contribution in [2.45, 2.75) is 39.8 Å². The number of carbonyl (C=O) groups is 1. The maximum absolute atomic E-state index is 11.9. The number of hydrogen-bond acceptors (Lipinski definition) is 2. The Hall–Kier alpha value is -1.51. The van der Waals surface area contributed by atoms with E-state index in [1.807, 2.05) is 26.0 Å². The summed E-state index contributed by atoms with van der Waals surface area (Å²) in [5.41, 5.74) is 3.20. The highest BCUT2D eigenvalue weighted by molar-refractivity contribution is 6.04. The van der Waals surface area contributed by atoms with Crippen LogP contribution in [0.25, 0.3) is 0 Å². The lowest BCUT2D eigenvalue weighted by molar-refractivity contribution is -0.117. The van der Waals surface area contributed by atoms with Crippen LogP contribution in [0.1, 0.15) is 26.3 Å². The normalized spacial score (nSPS) is 19.7. The van der Waals surface area contributed by atoms with Crippen LogP contribution in [-0.4, -0.2) is 18.0 Å². The van der Waals surface area contributed by atoms with E-state index in [1.165, 1.54) is 0 Å². The molecule has 3 heteroatoms. The fourth-order valence-electron chi connectivity index (χ4n) is 2.32. The van der Waals surface area contributed by atoms with Gasteiger partial charge in [-0.25, -0.2) is 0 Å². The molecule has 1 aromatic carbocycles. The molecule has 1 heterocycles. The molecular formula is C13H18N2O. The number of para-hydroxylation sites is 1. The number of carbonyl (C=O) groups excluding carboxylic acids is 1. The molecule has 1 N–H and O–H groups in total. The average Bonchev–Trinajstić information content (AvgIpc) is 2.21. The van der Waals surface area contributed by atoms with Gasteiger partial charge in [-0.2, -0.15) is 0 Å². The highest BCUT2D eigenvalue weighted by Gasteiger charge is 2.31. The SMILES string of the molecule is Cc1cccc2c1NC(=O)C(C)N2C(C)C. The molecular weight excluding hydrogens is 200 g/mol. The molecule has 1 aliphatic heterocycles. The minimum Gasteiger partial charge on any atom is -0.356 e. The van der Waals surface area contributed by atoms with E-state index in [0.29, 0.717) is 6.04 Å². The van der Waals surface area contributed by atoms with Crippen LogP contribution in [0.2, 0.25) is 0 Å². The lowest BCUT2D eigenvalue weighted by Crippen LogP contribution is -2.49. The minimum atomic E-state index is -0.103. The van der Waals surface area contributed by atoms with Gasteiger partial charge in [-0.05, 0) is 39.3 Å². The molecule has 2 rings (SSSR count). The number of aryl methyl sites for hydroxylation is 1. The van der Waals surface area contributed by atoms with Gasteiger partial charge in [0, 0.05) is 6.04 Å². The minimum absolute atomic E-state index is 0.0792. The van der Waals surface area contributed by atoms with Crippen LogP contribution in [0.5, 0.6) is 0 Å². The molecule has 1 atom stereocenters. The van der Waals surface area contributed by atoms with E-state index in [9.17, 15) is 4.79 Å². The molecule has 0 spiro atoms. The van der Waals surface area contributed by atoms with E-state index in [0.717, 1.165) is 16.9 Å². The monoisotopic (exact) mass is 218 g/mol. The van der Waals surface area contributed by atoms with Gasteiger partial charge in [-0.15, -0.1) is 0 Å². The zero-order chi connectivity index (χ0) is 11.9. The van der Waals surface area contributed by atoms with Crippen LogP contribution in [0, 0.1) is 6.92 Å². The summed E-state index contributed by atoms with van der Waals surface area (Å²) in [4.78, 5) is 14.0. The van der Waals surface area contributed by atoms with Crippen LogP contribution in [-0.2, 0) is 4.79 Å². The maximum Gasteiger partial charge on any atom is 0.246 e. The number of nitrogens with zero attached hydrogens (tertiary/aromatic N) is 1. The molecule has 0 saturated carbocycles. The second kappa shape index (κ2) is 3.81. The Labute approximate surface area is 96.5 Å². The molecule has 1 amide bonds. The third kappa shape index (κ3) is 1.56. The predicted octanol–water partition coefficient (Wildman–Crippen LogP) is 2.55. The van der Waals surface area contributed by atoms with Crippen molar-refractivity contribution in [2.75, 3.05) is 10.2 Å². The molecule has 0 aromatic heterocycles. The highest BCUT2D eigenvalue weighted by Crippen LogP contribution is 2.35. The molecule has 0 bridgehead atoms. The average molecular weight is 218 g/mol. The second-order valence-electron chi connectivity index (χ2n) is 4.64. The van der Waals surface area contributed by atoms with E-state index in [-0.39, 0.29) is 11.9 Å². The van der Waals surface area contributed by atoms with Crippen molar-refractivity contribution in [3.05, 3.63) is 23.8 Å². The topological polar surface area (TPSA) is 32.3 Å². The molecule has 1 aliphatic rings. The van der Waals surface area contributed by atoms with Crippen molar-refractivity contribution in [1.82, 2.24) is 0 Å². The number of benzene rings is 1. The smallest absolute Gasteiger partial charge is 0.246 e. The number of anilines is 2. The van der Waals surface area contributed by atoms with E-state index < -0.39 is 0 Å². The Morgan fingerprint density at radius 3 is 2.69 bits per heavy atom. The van der Waals surface area contributed by atoms with Crippen molar-refractivity contribution >= 4 is 17.3 Å². The van der Waals surface area contributed by atoms with E-state index in [2.05, 4.69) is 30.1 Å². The number of fused-ring (bicyclic) bond motifs is 1. The second-order valence-corrected chi connectivity index (χ2v) is 4.64. The van der Waals surface area contributed by atoms with Crippen molar-refractivity contribution in [3.8, 4) is 0 Å². The summed E-state index contributed by atoms with van der Waals surface area (Å²) >= 11 is 0. The summed E-state index contributed by atoms with van der Waals surface area (Å²) in [6.45, 7) is 8.19. The van der Waals surface area contributed by atoms with Gasteiger partial charge < -0.3 is 10.2 Å². The number of rotatable bonds is 1. The van der Waals surface area contributed by atoms with Crippen molar-refractivity contribution in [2.24, 2.45) is 0 Å². The Morgan fingerprint density at radius 2 is 2.06 bits per heavy atom. The van der Waals surface area contributed by atoms with Gasteiger partial charge in [0.15, 0.2) is 0 Å². The Morgan fingerprint density at radius 1 is 1.38 bits per heavy atom. The fourth-order valence-corrected chi connectivity index (χ4v) is 2.32. The molecule has 1 unspecified atom stereocenters. The summed E-state index contributed by atoms with van der Waals surface area (Å²) in [7, 11) is 0. The van der Waals surface area contributed by atoms with Crippen molar-refractivity contribution < 1.29 is 4.79 Å². The molecule has 0 fully saturated rings.